The van der Waals surface area contributed by atoms with Gasteiger partial charge in [-0.1, -0.05) is 29.5 Å². The molecular formula is C22H26ClN3OS. The first kappa shape index (κ1) is 20.8. The van der Waals surface area contributed by atoms with Gasteiger partial charge in [0.05, 0.1) is 10.2 Å². The molecule has 0 atom stereocenters. The van der Waals surface area contributed by atoms with E-state index in [-0.39, 0.29) is 18.3 Å². The van der Waals surface area contributed by atoms with Crippen molar-refractivity contribution in [1.29, 1.82) is 0 Å². The van der Waals surface area contributed by atoms with Crippen LogP contribution in [0.15, 0.2) is 42.5 Å². The van der Waals surface area contributed by atoms with Crippen LogP contribution in [-0.4, -0.2) is 43.0 Å². The molecule has 4 rings (SSSR count). The third-order valence-electron chi connectivity index (χ3n) is 5.12. The van der Waals surface area contributed by atoms with Gasteiger partial charge in [-0.3, -0.25) is 9.69 Å². The van der Waals surface area contributed by atoms with E-state index in [4.69, 9.17) is 4.98 Å². The molecule has 1 heterocycles. The van der Waals surface area contributed by atoms with Crippen molar-refractivity contribution in [2.75, 3.05) is 32.1 Å². The van der Waals surface area contributed by atoms with Gasteiger partial charge in [0.25, 0.3) is 5.91 Å². The number of thiazole rings is 1. The van der Waals surface area contributed by atoms with Crippen LogP contribution in [0.3, 0.4) is 0 Å². The first-order valence-electron chi connectivity index (χ1n) is 9.56. The minimum absolute atomic E-state index is 0. The van der Waals surface area contributed by atoms with E-state index in [2.05, 4.69) is 23.1 Å². The number of para-hydroxylation sites is 1. The molecule has 1 aromatic heterocycles. The Morgan fingerprint density at radius 3 is 2.54 bits per heavy atom. The number of aryl methyl sites for hydroxylation is 2. The van der Waals surface area contributed by atoms with E-state index in [1.807, 2.05) is 43.3 Å². The number of nitrogens with zero attached hydrogens (tertiary/aromatic N) is 3. The molecule has 0 bridgehead atoms. The fourth-order valence-electron chi connectivity index (χ4n) is 3.58. The van der Waals surface area contributed by atoms with Gasteiger partial charge in [-0.2, -0.15) is 0 Å². The molecule has 1 aliphatic rings. The molecule has 1 amide bonds. The lowest BCUT2D eigenvalue weighted by atomic mass is 9.90. The van der Waals surface area contributed by atoms with Crippen molar-refractivity contribution in [3.63, 3.8) is 0 Å². The standard InChI is InChI=1S/C22H25N3OS.ClH/c1-24(2)13-14-25(22-23-19-9-5-6-10-20(19)27-22)21(26)18-12-11-16-7-3-4-8-17(16)15-18;/h5-6,9-12,15H,3-4,7-8,13-14H2,1-2H3;1H. The number of fused-ring (bicyclic) bond motifs is 2. The quantitative estimate of drug-likeness (QED) is 0.600. The van der Waals surface area contributed by atoms with Crippen LogP contribution in [0.4, 0.5) is 5.13 Å². The number of anilines is 1. The van der Waals surface area contributed by atoms with Crippen LogP contribution in [0.2, 0.25) is 0 Å². The maximum Gasteiger partial charge on any atom is 0.260 e. The fourth-order valence-corrected chi connectivity index (χ4v) is 4.57. The predicted octanol–water partition coefficient (Wildman–Crippen LogP) is 4.81. The summed E-state index contributed by atoms with van der Waals surface area (Å²) in [5.41, 5.74) is 4.46. The fraction of sp³-hybridized carbons (Fsp3) is 0.364. The highest BCUT2D eigenvalue weighted by Crippen LogP contribution is 2.30. The second-order valence-electron chi connectivity index (χ2n) is 7.41. The second-order valence-corrected chi connectivity index (χ2v) is 8.42. The van der Waals surface area contributed by atoms with Crippen LogP contribution >= 0.6 is 23.7 Å². The maximum atomic E-state index is 13.4. The summed E-state index contributed by atoms with van der Waals surface area (Å²) in [4.78, 5) is 22.1. The average Bonchev–Trinajstić information content (AvgIpc) is 3.11. The van der Waals surface area contributed by atoms with Gasteiger partial charge in [-0.15, -0.1) is 12.4 Å². The van der Waals surface area contributed by atoms with Gasteiger partial charge >= 0.3 is 0 Å². The lowest BCUT2D eigenvalue weighted by Gasteiger charge is -2.23. The number of halogens is 1. The molecule has 0 unspecified atom stereocenters. The Bertz CT molecular complexity index is 936. The number of benzene rings is 2. The van der Waals surface area contributed by atoms with E-state index in [9.17, 15) is 4.79 Å². The molecule has 28 heavy (non-hydrogen) atoms. The highest BCUT2D eigenvalue weighted by Gasteiger charge is 2.22. The molecule has 6 heteroatoms. The topological polar surface area (TPSA) is 36.4 Å². The zero-order valence-electron chi connectivity index (χ0n) is 16.4. The molecule has 0 N–H and O–H groups in total. The highest BCUT2D eigenvalue weighted by atomic mass is 35.5. The number of carbonyl (C=O) groups is 1. The highest BCUT2D eigenvalue weighted by molar-refractivity contribution is 7.22. The van der Waals surface area contributed by atoms with Crippen molar-refractivity contribution in [3.8, 4) is 0 Å². The van der Waals surface area contributed by atoms with Gasteiger partial charge in [0.15, 0.2) is 5.13 Å². The smallest absolute Gasteiger partial charge is 0.260 e. The molecule has 0 saturated heterocycles. The minimum atomic E-state index is 0. The molecule has 0 spiro atoms. The predicted molar refractivity (Wildman–Crippen MR) is 120 cm³/mol. The van der Waals surface area contributed by atoms with Crippen LogP contribution in [0.1, 0.15) is 34.3 Å². The van der Waals surface area contributed by atoms with Crippen molar-refractivity contribution in [3.05, 3.63) is 59.2 Å². The zero-order chi connectivity index (χ0) is 18.8. The number of aromatic nitrogens is 1. The normalized spacial score (nSPS) is 13.2. The summed E-state index contributed by atoms with van der Waals surface area (Å²) >= 11 is 1.58. The van der Waals surface area contributed by atoms with Crippen LogP contribution in [-0.2, 0) is 12.8 Å². The third kappa shape index (κ3) is 4.37. The number of hydrogen-bond acceptors (Lipinski definition) is 4. The average molecular weight is 416 g/mol. The SMILES string of the molecule is CN(C)CCN(C(=O)c1ccc2c(c1)CCCC2)c1nc2ccccc2s1.Cl. The minimum Gasteiger partial charge on any atom is -0.308 e. The van der Waals surface area contributed by atoms with E-state index in [0.717, 1.165) is 40.3 Å². The largest absolute Gasteiger partial charge is 0.308 e. The zero-order valence-corrected chi connectivity index (χ0v) is 18.0. The Labute approximate surface area is 176 Å². The molecule has 1 aliphatic carbocycles. The Kier molecular flexibility index (Phi) is 6.70. The van der Waals surface area contributed by atoms with Gasteiger partial charge in [-0.05, 0) is 75.2 Å². The van der Waals surface area contributed by atoms with Crippen LogP contribution in [0.25, 0.3) is 10.2 Å². The van der Waals surface area contributed by atoms with Crippen molar-refractivity contribution >= 4 is 45.0 Å². The number of amides is 1. The van der Waals surface area contributed by atoms with Crippen molar-refractivity contribution in [1.82, 2.24) is 9.88 Å². The molecule has 0 radical (unpaired) electrons. The molecule has 3 aromatic rings. The number of carbonyl (C=O) groups excluding carboxylic acids is 1. The maximum absolute atomic E-state index is 13.4. The van der Waals surface area contributed by atoms with E-state index < -0.39 is 0 Å². The lowest BCUT2D eigenvalue weighted by Crippen LogP contribution is -2.36. The molecular weight excluding hydrogens is 390 g/mol. The monoisotopic (exact) mass is 415 g/mol. The molecule has 4 nitrogen and oxygen atoms in total. The molecule has 148 valence electrons. The summed E-state index contributed by atoms with van der Waals surface area (Å²) in [6.45, 7) is 1.43. The van der Waals surface area contributed by atoms with Crippen LogP contribution < -0.4 is 4.90 Å². The molecule has 2 aromatic carbocycles. The summed E-state index contributed by atoms with van der Waals surface area (Å²) in [6.07, 6.45) is 4.68. The van der Waals surface area contributed by atoms with Crippen molar-refractivity contribution in [2.45, 2.75) is 25.7 Å². The first-order chi connectivity index (χ1) is 13.1. The van der Waals surface area contributed by atoms with E-state index >= 15 is 0 Å². The Morgan fingerprint density at radius 1 is 1.04 bits per heavy atom. The Hall–Kier alpha value is -1.95. The van der Waals surface area contributed by atoms with Crippen LogP contribution in [0, 0.1) is 0 Å². The summed E-state index contributed by atoms with van der Waals surface area (Å²) in [6, 6.07) is 14.3. The number of rotatable bonds is 5. The van der Waals surface area contributed by atoms with E-state index in [1.165, 1.54) is 24.0 Å². The molecule has 0 fully saturated rings. The lowest BCUT2D eigenvalue weighted by molar-refractivity contribution is 0.0985. The summed E-state index contributed by atoms with van der Waals surface area (Å²) in [5.74, 6) is 0.0456. The third-order valence-corrected chi connectivity index (χ3v) is 6.18. The van der Waals surface area contributed by atoms with Gasteiger partial charge in [0.1, 0.15) is 0 Å². The van der Waals surface area contributed by atoms with E-state index in [1.54, 1.807) is 11.3 Å². The van der Waals surface area contributed by atoms with Gasteiger partial charge < -0.3 is 4.90 Å². The first-order valence-corrected chi connectivity index (χ1v) is 10.4. The summed E-state index contributed by atoms with van der Waals surface area (Å²) < 4.78 is 1.11. The Morgan fingerprint density at radius 2 is 1.79 bits per heavy atom. The van der Waals surface area contributed by atoms with Gasteiger partial charge in [-0.25, -0.2) is 4.98 Å². The molecule has 0 saturated carbocycles. The number of hydrogen-bond donors (Lipinski definition) is 0. The van der Waals surface area contributed by atoms with Gasteiger partial charge in [0.2, 0.25) is 0 Å². The summed E-state index contributed by atoms with van der Waals surface area (Å²) in [7, 11) is 4.06. The van der Waals surface area contributed by atoms with Crippen LogP contribution in [0.5, 0.6) is 0 Å². The number of likely N-dealkylation sites (N-methyl/N-ethyl adjacent to an activating group) is 1. The summed E-state index contributed by atoms with van der Waals surface area (Å²) in [5, 5.41) is 0.778. The van der Waals surface area contributed by atoms with Crippen molar-refractivity contribution < 1.29 is 4.79 Å². The van der Waals surface area contributed by atoms with Gasteiger partial charge in [0, 0.05) is 18.7 Å². The Balaban J connectivity index is 0.00000225. The second kappa shape index (κ2) is 9.03. The van der Waals surface area contributed by atoms with E-state index in [0.29, 0.717) is 6.54 Å². The molecule has 0 aliphatic heterocycles. The van der Waals surface area contributed by atoms with Crippen molar-refractivity contribution in [2.24, 2.45) is 0 Å².